The van der Waals surface area contributed by atoms with E-state index in [0.29, 0.717) is 5.78 Å². The summed E-state index contributed by atoms with van der Waals surface area (Å²) in [5, 5.41) is 7.81. The lowest BCUT2D eigenvalue weighted by atomic mass is 10.2. The van der Waals surface area contributed by atoms with Crippen molar-refractivity contribution < 1.29 is 0 Å². The lowest BCUT2D eigenvalue weighted by Gasteiger charge is -1.96. The Bertz CT molecular complexity index is 1410. The van der Waals surface area contributed by atoms with Crippen LogP contribution in [0.1, 0.15) is 0 Å². The minimum Gasteiger partial charge on any atom is -0.306 e. The molecule has 6 aromatic heterocycles. The SMILES string of the molecule is c1ccn2cc(-c3ccn4cc(-c5cnc6[nH]ncc6c5)nc4n3)nc2c1. The normalized spacial score (nSPS) is 11.7. The maximum absolute atomic E-state index is 4.68. The van der Waals surface area contributed by atoms with Crippen LogP contribution >= 0.6 is 0 Å². The van der Waals surface area contributed by atoms with Gasteiger partial charge in [-0.3, -0.25) is 9.50 Å². The van der Waals surface area contributed by atoms with Gasteiger partial charge in [0.1, 0.15) is 11.3 Å². The lowest BCUT2D eigenvalue weighted by molar-refractivity contribution is 1.10. The number of aromatic amines is 1. The molecule has 8 heteroatoms. The number of nitrogens with zero attached hydrogens (tertiary/aromatic N) is 7. The second-order valence-corrected chi connectivity index (χ2v) is 6.27. The topological polar surface area (TPSA) is 89.1 Å². The molecule has 1 N–H and O–H groups in total. The van der Waals surface area contributed by atoms with Crippen LogP contribution in [0.15, 0.2) is 67.5 Å². The van der Waals surface area contributed by atoms with E-state index in [0.717, 1.165) is 39.3 Å². The smallest absolute Gasteiger partial charge is 0.234 e. The molecule has 8 nitrogen and oxygen atoms in total. The molecule has 0 saturated heterocycles. The van der Waals surface area contributed by atoms with E-state index in [1.165, 1.54) is 0 Å². The van der Waals surface area contributed by atoms with Crippen LogP contribution in [0.2, 0.25) is 0 Å². The zero-order chi connectivity index (χ0) is 17.8. The van der Waals surface area contributed by atoms with Crippen molar-refractivity contribution in [2.75, 3.05) is 0 Å². The van der Waals surface area contributed by atoms with Gasteiger partial charge in [0.2, 0.25) is 5.78 Å². The highest BCUT2D eigenvalue weighted by Gasteiger charge is 2.11. The Morgan fingerprint density at radius 2 is 1.74 bits per heavy atom. The molecular weight excluding hydrogens is 340 g/mol. The van der Waals surface area contributed by atoms with Gasteiger partial charge in [0.25, 0.3) is 0 Å². The third kappa shape index (κ3) is 2.20. The van der Waals surface area contributed by atoms with Crippen LogP contribution < -0.4 is 0 Å². The molecule has 27 heavy (non-hydrogen) atoms. The molecule has 6 rings (SSSR count). The van der Waals surface area contributed by atoms with E-state index < -0.39 is 0 Å². The van der Waals surface area contributed by atoms with E-state index in [-0.39, 0.29) is 0 Å². The highest BCUT2D eigenvalue weighted by molar-refractivity contribution is 5.79. The Hall–Kier alpha value is -4.07. The number of aromatic nitrogens is 8. The van der Waals surface area contributed by atoms with Crippen LogP contribution in [0.5, 0.6) is 0 Å². The van der Waals surface area contributed by atoms with Crippen LogP contribution in [0.4, 0.5) is 0 Å². The molecular formula is C19H12N8. The number of imidazole rings is 2. The number of fused-ring (bicyclic) bond motifs is 3. The second-order valence-electron chi connectivity index (χ2n) is 6.27. The fourth-order valence-electron chi connectivity index (χ4n) is 3.19. The van der Waals surface area contributed by atoms with Crippen molar-refractivity contribution in [3.05, 3.63) is 67.5 Å². The minimum atomic E-state index is 0.617. The molecule has 0 atom stereocenters. The first-order valence-electron chi connectivity index (χ1n) is 8.43. The number of hydrogen-bond donors (Lipinski definition) is 1. The van der Waals surface area contributed by atoms with Gasteiger partial charge in [0.05, 0.1) is 17.6 Å². The largest absolute Gasteiger partial charge is 0.306 e. The fourth-order valence-corrected chi connectivity index (χ4v) is 3.19. The van der Waals surface area contributed by atoms with Gasteiger partial charge in [-0.2, -0.15) is 5.10 Å². The quantitative estimate of drug-likeness (QED) is 0.517. The average Bonchev–Trinajstić information content (AvgIpc) is 3.42. The molecule has 0 saturated carbocycles. The highest BCUT2D eigenvalue weighted by Crippen LogP contribution is 2.23. The molecule has 0 aliphatic rings. The highest BCUT2D eigenvalue weighted by atomic mass is 15.1. The van der Waals surface area contributed by atoms with Gasteiger partial charge in [0, 0.05) is 41.9 Å². The summed E-state index contributed by atoms with van der Waals surface area (Å²) in [6.45, 7) is 0. The molecule has 0 aromatic carbocycles. The summed E-state index contributed by atoms with van der Waals surface area (Å²) in [5.74, 6) is 0.617. The Labute approximate surface area is 152 Å². The maximum Gasteiger partial charge on any atom is 0.234 e. The molecule has 0 bridgehead atoms. The van der Waals surface area contributed by atoms with Crippen molar-refractivity contribution in [3.8, 4) is 22.6 Å². The molecule has 6 aromatic rings. The molecule has 0 unspecified atom stereocenters. The first-order valence-corrected chi connectivity index (χ1v) is 8.43. The summed E-state index contributed by atoms with van der Waals surface area (Å²) in [6.07, 6.45) is 11.4. The number of nitrogens with one attached hydrogen (secondary N) is 1. The van der Waals surface area contributed by atoms with E-state index in [9.17, 15) is 0 Å². The zero-order valence-electron chi connectivity index (χ0n) is 14.0. The van der Waals surface area contributed by atoms with Gasteiger partial charge in [-0.15, -0.1) is 0 Å². The Kier molecular flexibility index (Phi) is 2.73. The van der Waals surface area contributed by atoms with E-state index in [1.807, 2.05) is 63.9 Å². The number of rotatable bonds is 2. The standard InChI is InChI=1S/C19H12N8/c1-2-5-26-11-16(22-17(26)3-1)14-4-6-27-10-15(24-19(27)23-14)12-7-13-9-21-25-18(13)20-8-12/h1-11H,(H,20,21,25). The molecule has 0 fully saturated rings. The molecule has 128 valence electrons. The Balaban J connectivity index is 1.46. The minimum absolute atomic E-state index is 0.617. The first-order chi connectivity index (χ1) is 13.3. The molecule has 0 aliphatic heterocycles. The van der Waals surface area contributed by atoms with E-state index >= 15 is 0 Å². The third-order valence-electron chi connectivity index (χ3n) is 4.54. The molecule has 0 aliphatic carbocycles. The van der Waals surface area contributed by atoms with Crippen LogP contribution in [0, 0.1) is 0 Å². The van der Waals surface area contributed by atoms with Gasteiger partial charge < -0.3 is 4.40 Å². The number of pyridine rings is 2. The molecule has 0 amide bonds. The van der Waals surface area contributed by atoms with E-state index in [1.54, 1.807) is 12.4 Å². The summed E-state index contributed by atoms with van der Waals surface area (Å²) in [6, 6.07) is 9.86. The third-order valence-corrected chi connectivity index (χ3v) is 4.54. The van der Waals surface area contributed by atoms with Crippen molar-refractivity contribution >= 4 is 22.5 Å². The molecule has 0 spiro atoms. The molecule has 0 radical (unpaired) electrons. The van der Waals surface area contributed by atoms with Crippen LogP contribution in [-0.4, -0.2) is 38.9 Å². The second kappa shape index (κ2) is 5.21. The van der Waals surface area contributed by atoms with Gasteiger partial charge >= 0.3 is 0 Å². The first kappa shape index (κ1) is 14.1. The van der Waals surface area contributed by atoms with E-state index in [4.69, 9.17) is 0 Å². The van der Waals surface area contributed by atoms with Crippen molar-refractivity contribution in [2.24, 2.45) is 0 Å². The summed E-state index contributed by atoms with van der Waals surface area (Å²) >= 11 is 0. The van der Waals surface area contributed by atoms with Crippen LogP contribution in [-0.2, 0) is 0 Å². The van der Waals surface area contributed by atoms with Crippen LogP contribution in [0.25, 0.3) is 45.1 Å². The lowest BCUT2D eigenvalue weighted by Crippen LogP contribution is -1.90. The van der Waals surface area contributed by atoms with Gasteiger partial charge in [-0.05, 0) is 24.3 Å². The molecule has 6 heterocycles. The predicted molar refractivity (Wildman–Crippen MR) is 100 cm³/mol. The van der Waals surface area contributed by atoms with Crippen molar-refractivity contribution in [3.63, 3.8) is 0 Å². The van der Waals surface area contributed by atoms with E-state index in [2.05, 4.69) is 30.1 Å². The summed E-state index contributed by atoms with van der Waals surface area (Å²) in [5.41, 5.74) is 4.97. The van der Waals surface area contributed by atoms with Crippen LogP contribution in [0.3, 0.4) is 0 Å². The summed E-state index contributed by atoms with van der Waals surface area (Å²) in [4.78, 5) is 18.3. The summed E-state index contributed by atoms with van der Waals surface area (Å²) in [7, 11) is 0. The Morgan fingerprint density at radius 1 is 0.815 bits per heavy atom. The number of H-pyrrole nitrogens is 1. The fraction of sp³-hybridized carbons (Fsp3) is 0. The Morgan fingerprint density at radius 3 is 2.70 bits per heavy atom. The van der Waals surface area contributed by atoms with Crippen molar-refractivity contribution in [1.82, 2.24) is 38.9 Å². The number of hydrogen-bond acceptors (Lipinski definition) is 5. The predicted octanol–water partition coefficient (Wildman–Crippen LogP) is 2.98. The van der Waals surface area contributed by atoms with Gasteiger partial charge in [0.15, 0.2) is 5.65 Å². The monoisotopic (exact) mass is 352 g/mol. The summed E-state index contributed by atoms with van der Waals surface area (Å²) < 4.78 is 3.87. The average molecular weight is 352 g/mol. The van der Waals surface area contributed by atoms with Gasteiger partial charge in [-0.25, -0.2) is 19.9 Å². The van der Waals surface area contributed by atoms with Crippen molar-refractivity contribution in [1.29, 1.82) is 0 Å². The van der Waals surface area contributed by atoms with Crippen molar-refractivity contribution in [2.45, 2.75) is 0 Å². The van der Waals surface area contributed by atoms with Gasteiger partial charge in [-0.1, -0.05) is 6.07 Å². The maximum atomic E-state index is 4.68. The zero-order valence-corrected chi connectivity index (χ0v) is 14.0.